The number of halogens is 2. The van der Waals surface area contributed by atoms with Crippen molar-refractivity contribution in [2.24, 2.45) is 0 Å². The Balaban J connectivity index is 2.18. The minimum Gasteiger partial charge on any atom is -0.493 e. The van der Waals surface area contributed by atoms with E-state index in [4.69, 9.17) is 9.47 Å². The number of hydrogen-bond donors (Lipinski definition) is 1. The third kappa shape index (κ3) is 2.60. The standard InChI is InChI=1S/C17H15F2NO3/c1-22-14-6-11-10(9-4-3-5-12(18)17(9)19)7-16(21)20-13(11)8-15(14)23-2/h3-6,8,10H,7H2,1-2H3,(H,20,21)/t10-/m0/s1. The average molecular weight is 319 g/mol. The highest BCUT2D eigenvalue weighted by Gasteiger charge is 2.30. The molecule has 2 aromatic rings. The molecular weight excluding hydrogens is 304 g/mol. The summed E-state index contributed by atoms with van der Waals surface area (Å²) in [4.78, 5) is 12.0. The molecule has 0 saturated heterocycles. The fourth-order valence-electron chi connectivity index (χ4n) is 2.85. The van der Waals surface area contributed by atoms with Crippen molar-refractivity contribution in [2.45, 2.75) is 12.3 Å². The third-order valence-corrected chi connectivity index (χ3v) is 3.95. The average Bonchev–Trinajstić information content (AvgIpc) is 2.55. The van der Waals surface area contributed by atoms with Gasteiger partial charge in [-0.1, -0.05) is 12.1 Å². The van der Waals surface area contributed by atoms with Crippen molar-refractivity contribution in [3.63, 3.8) is 0 Å². The van der Waals surface area contributed by atoms with Crippen molar-refractivity contribution >= 4 is 11.6 Å². The van der Waals surface area contributed by atoms with E-state index in [1.165, 1.54) is 26.4 Å². The normalized spacial score (nSPS) is 16.5. The van der Waals surface area contributed by atoms with Crippen LogP contribution in [0.4, 0.5) is 14.5 Å². The molecule has 1 amide bonds. The Morgan fingerprint density at radius 2 is 1.78 bits per heavy atom. The van der Waals surface area contributed by atoms with E-state index in [2.05, 4.69) is 5.32 Å². The van der Waals surface area contributed by atoms with Crippen molar-refractivity contribution in [1.82, 2.24) is 0 Å². The van der Waals surface area contributed by atoms with Gasteiger partial charge >= 0.3 is 0 Å². The molecule has 0 aromatic heterocycles. The summed E-state index contributed by atoms with van der Waals surface area (Å²) in [5.74, 6) is -1.81. The van der Waals surface area contributed by atoms with Crippen molar-refractivity contribution in [2.75, 3.05) is 19.5 Å². The highest BCUT2D eigenvalue weighted by atomic mass is 19.2. The molecule has 2 aromatic carbocycles. The highest BCUT2D eigenvalue weighted by molar-refractivity contribution is 5.96. The third-order valence-electron chi connectivity index (χ3n) is 3.95. The van der Waals surface area contributed by atoms with Crippen LogP contribution in [0.5, 0.6) is 11.5 Å². The molecule has 120 valence electrons. The van der Waals surface area contributed by atoms with Gasteiger partial charge in [0.15, 0.2) is 23.1 Å². The number of rotatable bonds is 3. The molecule has 0 spiro atoms. The number of amides is 1. The maximum Gasteiger partial charge on any atom is 0.225 e. The van der Waals surface area contributed by atoms with Gasteiger partial charge in [-0.3, -0.25) is 4.79 Å². The smallest absolute Gasteiger partial charge is 0.225 e. The molecule has 1 aliphatic heterocycles. The monoisotopic (exact) mass is 319 g/mol. The number of ether oxygens (including phenoxy) is 2. The first kappa shape index (κ1) is 15.3. The molecule has 0 radical (unpaired) electrons. The molecule has 1 atom stereocenters. The van der Waals surface area contributed by atoms with Crippen LogP contribution in [0.3, 0.4) is 0 Å². The minimum atomic E-state index is -0.937. The van der Waals surface area contributed by atoms with Gasteiger partial charge in [0.2, 0.25) is 5.91 Å². The predicted molar refractivity (Wildman–Crippen MR) is 81.0 cm³/mol. The predicted octanol–water partition coefficient (Wildman–Crippen LogP) is 3.46. The van der Waals surface area contributed by atoms with Gasteiger partial charge in [-0.2, -0.15) is 0 Å². The van der Waals surface area contributed by atoms with Crippen LogP contribution < -0.4 is 14.8 Å². The van der Waals surface area contributed by atoms with Gasteiger partial charge in [-0.15, -0.1) is 0 Å². The van der Waals surface area contributed by atoms with Gasteiger partial charge in [0.05, 0.1) is 14.2 Å². The first-order valence-corrected chi connectivity index (χ1v) is 7.04. The number of carbonyl (C=O) groups is 1. The van der Waals surface area contributed by atoms with E-state index in [1.807, 2.05) is 0 Å². The summed E-state index contributed by atoms with van der Waals surface area (Å²) in [6.07, 6.45) is 0.0306. The lowest BCUT2D eigenvalue weighted by molar-refractivity contribution is -0.116. The molecule has 1 aliphatic rings. The first-order chi connectivity index (χ1) is 11.0. The fraction of sp³-hybridized carbons (Fsp3) is 0.235. The molecular formula is C17H15F2NO3. The lowest BCUT2D eigenvalue weighted by atomic mass is 9.84. The number of nitrogens with one attached hydrogen (secondary N) is 1. The zero-order valence-electron chi connectivity index (χ0n) is 12.7. The molecule has 4 nitrogen and oxygen atoms in total. The topological polar surface area (TPSA) is 47.6 Å². The van der Waals surface area contributed by atoms with Crippen molar-refractivity contribution in [3.8, 4) is 11.5 Å². The van der Waals surface area contributed by atoms with Crippen LogP contribution in [-0.2, 0) is 4.79 Å². The summed E-state index contributed by atoms with van der Waals surface area (Å²) in [6.45, 7) is 0. The highest BCUT2D eigenvalue weighted by Crippen LogP contribution is 2.43. The molecule has 23 heavy (non-hydrogen) atoms. The number of hydrogen-bond acceptors (Lipinski definition) is 3. The Morgan fingerprint density at radius 3 is 2.48 bits per heavy atom. The Labute approximate surface area is 132 Å². The van der Waals surface area contributed by atoms with Gasteiger partial charge in [0.1, 0.15) is 0 Å². The second-order valence-corrected chi connectivity index (χ2v) is 5.24. The van der Waals surface area contributed by atoms with Crippen molar-refractivity contribution in [3.05, 3.63) is 53.1 Å². The van der Waals surface area contributed by atoms with Crippen molar-refractivity contribution < 1.29 is 23.0 Å². The Hall–Kier alpha value is -2.63. The first-order valence-electron chi connectivity index (χ1n) is 7.04. The lowest BCUT2D eigenvalue weighted by Gasteiger charge is -2.27. The van der Waals surface area contributed by atoms with E-state index < -0.39 is 17.6 Å². The summed E-state index contributed by atoms with van der Waals surface area (Å²) in [5, 5.41) is 2.73. The van der Waals surface area contributed by atoms with Crippen LogP contribution in [-0.4, -0.2) is 20.1 Å². The zero-order valence-corrected chi connectivity index (χ0v) is 12.7. The van der Waals surface area contributed by atoms with Crippen LogP contribution in [0.1, 0.15) is 23.5 Å². The van der Waals surface area contributed by atoms with Crippen LogP contribution in [0.2, 0.25) is 0 Å². The second-order valence-electron chi connectivity index (χ2n) is 5.24. The van der Waals surface area contributed by atoms with Gasteiger partial charge in [-0.25, -0.2) is 8.78 Å². The molecule has 6 heteroatoms. The number of fused-ring (bicyclic) bond motifs is 1. The summed E-state index contributed by atoms with van der Waals surface area (Å²) in [5.41, 5.74) is 1.31. The Bertz CT molecular complexity index is 777. The van der Waals surface area contributed by atoms with Crippen LogP contribution >= 0.6 is 0 Å². The van der Waals surface area contributed by atoms with Gasteiger partial charge < -0.3 is 14.8 Å². The molecule has 0 fully saturated rings. The van der Waals surface area contributed by atoms with Gasteiger partial charge in [-0.05, 0) is 23.3 Å². The Morgan fingerprint density at radius 1 is 1.09 bits per heavy atom. The molecule has 0 saturated carbocycles. The molecule has 0 bridgehead atoms. The van der Waals surface area contributed by atoms with Gasteiger partial charge in [0.25, 0.3) is 0 Å². The number of anilines is 1. The number of benzene rings is 2. The van der Waals surface area contributed by atoms with Crippen LogP contribution in [0.15, 0.2) is 30.3 Å². The van der Waals surface area contributed by atoms with Gasteiger partial charge in [0, 0.05) is 24.1 Å². The fourth-order valence-corrected chi connectivity index (χ4v) is 2.85. The Kier molecular flexibility index (Phi) is 3.90. The van der Waals surface area contributed by atoms with E-state index >= 15 is 0 Å². The second kappa shape index (κ2) is 5.87. The van der Waals surface area contributed by atoms with E-state index in [1.54, 1.807) is 12.1 Å². The maximum atomic E-state index is 14.2. The number of methoxy groups -OCH3 is 2. The van der Waals surface area contributed by atoms with E-state index in [0.717, 1.165) is 6.07 Å². The lowest BCUT2D eigenvalue weighted by Crippen LogP contribution is -2.24. The summed E-state index contributed by atoms with van der Waals surface area (Å²) < 4.78 is 38.2. The summed E-state index contributed by atoms with van der Waals surface area (Å²) in [6, 6.07) is 7.28. The molecule has 1 heterocycles. The van der Waals surface area contributed by atoms with Crippen LogP contribution in [0, 0.1) is 11.6 Å². The van der Waals surface area contributed by atoms with E-state index in [-0.39, 0.29) is 17.9 Å². The minimum absolute atomic E-state index is 0.0306. The summed E-state index contributed by atoms with van der Waals surface area (Å²) in [7, 11) is 2.97. The quantitative estimate of drug-likeness (QED) is 0.942. The van der Waals surface area contributed by atoms with Crippen LogP contribution in [0.25, 0.3) is 0 Å². The SMILES string of the molecule is COc1cc2c(cc1OC)[C@H](c1cccc(F)c1F)CC(=O)N2. The molecule has 1 N–H and O–H groups in total. The van der Waals surface area contributed by atoms with E-state index in [0.29, 0.717) is 22.7 Å². The van der Waals surface area contributed by atoms with Crippen molar-refractivity contribution in [1.29, 1.82) is 0 Å². The summed E-state index contributed by atoms with van der Waals surface area (Å²) >= 11 is 0. The largest absolute Gasteiger partial charge is 0.493 e. The zero-order chi connectivity index (χ0) is 16.6. The molecule has 0 unspecified atom stereocenters. The molecule has 0 aliphatic carbocycles. The molecule has 3 rings (SSSR count). The van der Waals surface area contributed by atoms with E-state index in [9.17, 15) is 13.6 Å². The number of carbonyl (C=O) groups excluding carboxylic acids is 1. The maximum absolute atomic E-state index is 14.2.